The van der Waals surface area contributed by atoms with Crippen LogP contribution in [-0.4, -0.2) is 42.7 Å². The number of nitrogens with zero attached hydrogens (tertiary/aromatic N) is 1. The lowest BCUT2D eigenvalue weighted by molar-refractivity contribution is -0.137. The monoisotopic (exact) mass is 383 g/mol. The van der Waals surface area contributed by atoms with E-state index in [2.05, 4.69) is 5.32 Å². The summed E-state index contributed by atoms with van der Waals surface area (Å²) in [6, 6.07) is 2.27. The number of halogens is 6. The Hall–Kier alpha value is -1.81. The number of hydrogen-bond acceptors (Lipinski definition) is 3. The zero-order chi connectivity index (χ0) is 19.5. The number of hydrogen-bond donors (Lipinski definition) is 2. The molecular formula is C16H19F6N3O. The van der Waals surface area contributed by atoms with Crippen molar-refractivity contribution < 1.29 is 31.1 Å². The van der Waals surface area contributed by atoms with Gasteiger partial charge in [-0.25, -0.2) is 0 Å². The van der Waals surface area contributed by atoms with Crippen LogP contribution in [0.25, 0.3) is 0 Å². The Bertz CT molecular complexity index is 614. The highest BCUT2D eigenvalue weighted by Gasteiger charge is 2.33. The summed E-state index contributed by atoms with van der Waals surface area (Å²) in [6.07, 6.45) is -7.82. The third-order valence-electron chi connectivity index (χ3n) is 4.19. The molecule has 4 nitrogen and oxygen atoms in total. The molecule has 2 unspecified atom stereocenters. The number of carbonyl (C=O) groups excluding carboxylic acids is 1. The van der Waals surface area contributed by atoms with Crippen molar-refractivity contribution in [1.82, 2.24) is 10.2 Å². The predicted molar refractivity (Wildman–Crippen MR) is 82.0 cm³/mol. The summed E-state index contributed by atoms with van der Waals surface area (Å²) in [7, 11) is 0. The van der Waals surface area contributed by atoms with Gasteiger partial charge in [-0.1, -0.05) is 12.1 Å². The number of piperidine rings is 1. The molecule has 0 aromatic heterocycles. The van der Waals surface area contributed by atoms with Gasteiger partial charge in [0.1, 0.15) is 6.04 Å². The van der Waals surface area contributed by atoms with Crippen LogP contribution in [0.3, 0.4) is 0 Å². The van der Waals surface area contributed by atoms with Crippen LogP contribution in [0, 0.1) is 0 Å². The molecule has 1 aromatic rings. The largest absolute Gasteiger partial charge is 0.416 e. The van der Waals surface area contributed by atoms with Gasteiger partial charge in [-0.2, -0.15) is 26.3 Å². The summed E-state index contributed by atoms with van der Waals surface area (Å²) >= 11 is 0. The Labute approximate surface area is 146 Å². The fourth-order valence-electron chi connectivity index (χ4n) is 2.82. The van der Waals surface area contributed by atoms with Crippen molar-refractivity contribution in [3.8, 4) is 0 Å². The molecule has 26 heavy (non-hydrogen) atoms. The minimum Gasteiger partial charge on any atom is -0.339 e. The summed E-state index contributed by atoms with van der Waals surface area (Å²) in [5, 5.41) is 2.36. The molecule has 0 saturated carbocycles. The standard InChI is InChI=1S/C16H19F6N3O/c17-15(18,19)9-24-12-2-1-7-25(8-12)14(26)13(23)10-3-5-11(6-4-10)16(20,21)22/h3-6,12-13,24H,1-2,7-9,23H2. The molecule has 1 amide bonds. The van der Waals surface area contributed by atoms with E-state index in [1.807, 2.05) is 0 Å². The lowest BCUT2D eigenvalue weighted by Crippen LogP contribution is -2.51. The van der Waals surface area contributed by atoms with Gasteiger partial charge in [0, 0.05) is 19.1 Å². The van der Waals surface area contributed by atoms with Crippen molar-refractivity contribution in [2.24, 2.45) is 5.73 Å². The fourth-order valence-corrected chi connectivity index (χ4v) is 2.82. The van der Waals surface area contributed by atoms with Crippen molar-refractivity contribution in [3.05, 3.63) is 35.4 Å². The van der Waals surface area contributed by atoms with Crippen molar-refractivity contribution in [2.75, 3.05) is 19.6 Å². The first-order valence-electron chi connectivity index (χ1n) is 7.99. The lowest BCUT2D eigenvalue weighted by Gasteiger charge is -2.35. The molecule has 3 N–H and O–H groups in total. The van der Waals surface area contributed by atoms with E-state index in [0.717, 1.165) is 24.3 Å². The highest BCUT2D eigenvalue weighted by molar-refractivity contribution is 5.83. The quantitative estimate of drug-likeness (QED) is 0.787. The summed E-state index contributed by atoms with van der Waals surface area (Å²) < 4.78 is 74.6. The van der Waals surface area contributed by atoms with Gasteiger partial charge >= 0.3 is 12.4 Å². The van der Waals surface area contributed by atoms with Crippen LogP contribution in [0.15, 0.2) is 24.3 Å². The van der Waals surface area contributed by atoms with Crippen molar-refractivity contribution in [3.63, 3.8) is 0 Å². The van der Waals surface area contributed by atoms with Gasteiger partial charge < -0.3 is 16.0 Å². The average molecular weight is 383 g/mol. The molecule has 1 aromatic carbocycles. The molecule has 0 radical (unpaired) electrons. The molecule has 1 aliphatic rings. The maximum atomic E-state index is 12.6. The third-order valence-corrected chi connectivity index (χ3v) is 4.19. The normalized spacial score (nSPS) is 20.1. The van der Waals surface area contributed by atoms with E-state index < -0.39 is 42.5 Å². The maximum absolute atomic E-state index is 12.6. The van der Waals surface area contributed by atoms with E-state index in [0.29, 0.717) is 19.4 Å². The van der Waals surface area contributed by atoms with Crippen LogP contribution in [0.5, 0.6) is 0 Å². The molecule has 1 heterocycles. The fraction of sp³-hybridized carbons (Fsp3) is 0.562. The first-order chi connectivity index (χ1) is 12.0. The molecule has 146 valence electrons. The number of benzene rings is 1. The van der Waals surface area contributed by atoms with Crippen LogP contribution in [0.2, 0.25) is 0 Å². The van der Waals surface area contributed by atoms with Gasteiger partial charge in [0.05, 0.1) is 12.1 Å². The Morgan fingerprint density at radius 2 is 1.81 bits per heavy atom. The Morgan fingerprint density at radius 1 is 1.19 bits per heavy atom. The number of nitrogens with one attached hydrogen (secondary N) is 1. The smallest absolute Gasteiger partial charge is 0.339 e. The third kappa shape index (κ3) is 5.60. The second kappa shape index (κ2) is 7.83. The number of rotatable bonds is 4. The van der Waals surface area contributed by atoms with E-state index in [1.165, 1.54) is 4.90 Å². The van der Waals surface area contributed by atoms with Gasteiger partial charge in [0.2, 0.25) is 5.91 Å². The van der Waals surface area contributed by atoms with Gasteiger partial charge in [-0.05, 0) is 30.5 Å². The summed E-state index contributed by atoms with van der Waals surface area (Å²) in [5.41, 5.74) is 5.21. The summed E-state index contributed by atoms with van der Waals surface area (Å²) in [4.78, 5) is 13.8. The van der Waals surface area contributed by atoms with Crippen LogP contribution < -0.4 is 11.1 Å². The van der Waals surface area contributed by atoms with Crippen LogP contribution in [-0.2, 0) is 11.0 Å². The molecule has 2 rings (SSSR count). The molecule has 0 spiro atoms. The Balaban J connectivity index is 1.98. The topological polar surface area (TPSA) is 58.4 Å². The molecule has 10 heteroatoms. The predicted octanol–water partition coefficient (Wildman–Crippen LogP) is 2.85. The minimum absolute atomic E-state index is 0.0727. The zero-order valence-corrected chi connectivity index (χ0v) is 13.7. The molecular weight excluding hydrogens is 364 g/mol. The van der Waals surface area contributed by atoms with E-state index in [9.17, 15) is 31.1 Å². The highest BCUT2D eigenvalue weighted by Crippen LogP contribution is 2.30. The lowest BCUT2D eigenvalue weighted by atomic mass is 10.0. The van der Waals surface area contributed by atoms with Crippen LogP contribution >= 0.6 is 0 Å². The molecule has 1 fully saturated rings. The number of nitrogens with two attached hydrogens (primary N) is 1. The Morgan fingerprint density at radius 3 is 2.35 bits per heavy atom. The van der Waals surface area contributed by atoms with Crippen molar-refractivity contribution in [2.45, 2.75) is 37.3 Å². The number of likely N-dealkylation sites (tertiary alicyclic amines) is 1. The van der Waals surface area contributed by atoms with Gasteiger partial charge in [-0.15, -0.1) is 0 Å². The second-order valence-electron chi connectivity index (χ2n) is 6.22. The highest BCUT2D eigenvalue weighted by atomic mass is 19.4. The summed E-state index contributed by atoms with van der Waals surface area (Å²) in [6.45, 7) is -0.731. The van der Waals surface area contributed by atoms with Gasteiger partial charge in [-0.3, -0.25) is 4.79 Å². The van der Waals surface area contributed by atoms with E-state index in [1.54, 1.807) is 0 Å². The van der Waals surface area contributed by atoms with Crippen LogP contribution in [0.4, 0.5) is 26.3 Å². The van der Waals surface area contributed by atoms with Gasteiger partial charge in [0.25, 0.3) is 0 Å². The van der Waals surface area contributed by atoms with Gasteiger partial charge in [0.15, 0.2) is 0 Å². The maximum Gasteiger partial charge on any atom is 0.416 e. The second-order valence-corrected chi connectivity index (χ2v) is 6.22. The molecule has 2 atom stereocenters. The molecule has 0 bridgehead atoms. The number of amides is 1. The van der Waals surface area contributed by atoms with Crippen molar-refractivity contribution >= 4 is 5.91 Å². The molecule has 1 aliphatic heterocycles. The minimum atomic E-state index is -4.49. The average Bonchev–Trinajstić information content (AvgIpc) is 2.58. The van der Waals surface area contributed by atoms with Crippen LogP contribution in [0.1, 0.15) is 30.0 Å². The SMILES string of the molecule is NC(C(=O)N1CCCC(NCC(F)(F)F)C1)c1ccc(C(F)(F)F)cc1. The van der Waals surface area contributed by atoms with E-state index >= 15 is 0 Å². The molecule has 0 aliphatic carbocycles. The first kappa shape index (κ1) is 20.5. The summed E-state index contributed by atoms with van der Waals surface area (Å²) in [5.74, 6) is -0.525. The first-order valence-corrected chi connectivity index (χ1v) is 7.99. The zero-order valence-electron chi connectivity index (χ0n) is 13.7. The van der Waals surface area contributed by atoms with E-state index in [-0.39, 0.29) is 12.1 Å². The number of alkyl halides is 6. The van der Waals surface area contributed by atoms with E-state index in [4.69, 9.17) is 5.73 Å². The molecule has 1 saturated heterocycles. The van der Waals surface area contributed by atoms with Crippen molar-refractivity contribution in [1.29, 1.82) is 0 Å². The Kier molecular flexibility index (Phi) is 6.17. The number of carbonyl (C=O) groups is 1.